The van der Waals surface area contributed by atoms with Crippen LogP contribution in [0.4, 0.5) is 0 Å². The van der Waals surface area contributed by atoms with E-state index in [0.717, 1.165) is 33.3 Å². The van der Waals surface area contributed by atoms with E-state index < -0.39 is 0 Å². The Balaban J connectivity index is 2.64. The van der Waals surface area contributed by atoms with Crippen LogP contribution in [-0.4, -0.2) is 14.2 Å². The number of benzene rings is 2. The molecule has 20 heavy (non-hydrogen) atoms. The Morgan fingerprint density at radius 2 is 1.15 bits per heavy atom. The van der Waals surface area contributed by atoms with E-state index >= 15 is 0 Å². The lowest BCUT2D eigenvalue weighted by molar-refractivity contribution is 0.410. The van der Waals surface area contributed by atoms with Crippen molar-refractivity contribution in [2.75, 3.05) is 14.2 Å². The van der Waals surface area contributed by atoms with Crippen LogP contribution in [0.15, 0.2) is 36.4 Å². The zero-order chi connectivity index (χ0) is 14.5. The van der Waals surface area contributed by atoms with Crippen LogP contribution in [0.1, 0.15) is 11.1 Å². The molecule has 0 aliphatic rings. The third-order valence-electron chi connectivity index (χ3n) is 3.13. The van der Waals surface area contributed by atoms with E-state index in [4.69, 9.17) is 9.47 Å². The maximum absolute atomic E-state index is 5.49. The summed E-state index contributed by atoms with van der Waals surface area (Å²) in [4.78, 5) is 0. The first-order valence-corrected chi connectivity index (χ1v) is 8.44. The number of hydrogen-bond donors (Lipinski definition) is 0. The van der Waals surface area contributed by atoms with Gasteiger partial charge in [-0.1, -0.05) is 44.0 Å². The number of rotatable bonds is 5. The highest BCUT2D eigenvalue weighted by atomic mass is 79.9. The number of ether oxygens (including phenoxy) is 2. The first-order valence-electron chi connectivity index (χ1n) is 6.19. The third kappa shape index (κ3) is 3.18. The molecular formula is C16H16Br2O2. The number of hydrogen-bond acceptors (Lipinski definition) is 2. The molecule has 0 spiro atoms. The molecule has 0 aliphatic heterocycles. The molecule has 0 saturated carbocycles. The molecule has 2 rings (SSSR count). The predicted molar refractivity (Wildman–Crippen MR) is 90.2 cm³/mol. The van der Waals surface area contributed by atoms with Crippen molar-refractivity contribution in [3.05, 3.63) is 47.5 Å². The topological polar surface area (TPSA) is 18.5 Å². The second kappa shape index (κ2) is 7.14. The Morgan fingerprint density at radius 3 is 1.45 bits per heavy atom. The molecule has 2 nitrogen and oxygen atoms in total. The summed E-state index contributed by atoms with van der Waals surface area (Å²) in [5, 5.41) is 1.62. The minimum absolute atomic E-state index is 0.810. The smallest absolute Gasteiger partial charge is 0.126 e. The summed E-state index contributed by atoms with van der Waals surface area (Å²) in [5.74, 6) is 1.69. The van der Waals surface area contributed by atoms with Crippen molar-refractivity contribution in [3.8, 4) is 22.6 Å². The molecule has 0 fully saturated rings. The van der Waals surface area contributed by atoms with Crippen molar-refractivity contribution in [3.63, 3.8) is 0 Å². The second-order valence-electron chi connectivity index (χ2n) is 4.34. The molecule has 0 heterocycles. The average Bonchev–Trinajstić information content (AvgIpc) is 2.53. The first kappa shape index (κ1) is 15.4. The third-order valence-corrected chi connectivity index (χ3v) is 4.42. The largest absolute Gasteiger partial charge is 0.496 e. The normalized spacial score (nSPS) is 10.4. The number of methoxy groups -OCH3 is 2. The van der Waals surface area contributed by atoms with Crippen LogP contribution in [0.5, 0.6) is 11.5 Å². The highest BCUT2D eigenvalue weighted by molar-refractivity contribution is 9.08. The molecule has 106 valence electrons. The van der Waals surface area contributed by atoms with Gasteiger partial charge < -0.3 is 9.47 Å². The molecule has 0 saturated heterocycles. The fourth-order valence-corrected chi connectivity index (χ4v) is 2.80. The lowest BCUT2D eigenvalue weighted by atomic mass is 9.99. The molecular weight excluding hydrogens is 384 g/mol. The lowest BCUT2D eigenvalue weighted by Crippen LogP contribution is -1.94. The molecule has 0 aliphatic carbocycles. The zero-order valence-corrected chi connectivity index (χ0v) is 14.6. The fraction of sp³-hybridized carbons (Fsp3) is 0.250. The highest BCUT2D eigenvalue weighted by Crippen LogP contribution is 2.38. The van der Waals surface area contributed by atoms with Crippen molar-refractivity contribution in [1.82, 2.24) is 0 Å². The van der Waals surface area contributed by atoms with E-state index in [0.29, 0.717) is 0 Å². The van der Waals surface area contributed by atoms with Gasteiger partial charge >= 0.3 is 0 Å². The Morgan fingerprint density at radius 1 is 0.750 bits per heavy atom. The van der Waals surface area contributed by atoms with Gasteiger partial charge in [-0.15, -0.1) is 0 Å². The molecule has 0 aromatic heterocycles. The van der Waals surface area contributed by atoms with E-state index in [1.165, 1.54) is 11.1 Å². The van der Waals surface area contributed by atoms with Crippen LogP contribution in [0.2, 0.25) is 0 Å². The molecule has 0 bridgehead atoms. The van der Waals surface area contributed by atoms with E-state index in [1.807, 2.05) is 12.1 Å². The van der Waals surface area contributed by atoms with Gasteiger partial charge in [0.05, 0.1) is 14.2 Å². The van der Waals surface area contributed by atoms with Crippen LogP contribution < -0.4 is 9.47 Å². The van der Waals surface area contributed by atoms with Crippen LogP contribution in [0.3, 0.4) is 0 Å². The van der Waals surface area contributed by atoms with Gasteiger partial charge in [0, 0.05) is 21.8 Å². The minimum Gasteiger partial charge on any atom is -0.496 e. The fourth-order valence-electron chi connectivity index (χ4n) is 2.10. The molecule has 0 amide bonds. The monoisotopic (exact) mass is 398 g/mol. The van der Waals surface area contributed by atoms with Crippen molar-refractivity contribution >= 4 is 31.9 Å². The summed E-state index contributed by atoms with van der Waals surface area (Å²) in [5.41, 5.74) is 4.49. The summed E-state index contributed by atoms with van der Waals surface area (Å²) in [6, 6.07) is 12.3. The summed E-state index contributed by atoms with van der Waals surface area (Å²) < 4.78 is 11.0. The molecule has 0 N–H and O–H groups in total. The molecule has 2 aromatic rings. The summed E-state index contributed by atoms with van der Waals surface area (Å²) in [7, 11) is 3.38. The molecule has 0 unspecified atom stereocenters. The van der Waals surface area contributed by atoms with Crippen LogP contribution in [-0.2, 0) is 10.7 Å². The SMILES string of the molecule is COc1ccc(CBr)cc1-c1cc(CBr)ccc1OC. The van der Waals surface area contributed by atoms with Gasteiger partial charge in [0.15, 0.2) is 0 Å². The van der Waals surface area contributed by atoms with Crippen LogP contribution >= 0.6 is 31.9 Å². The maximum Gasteiger partial charge on any atom is 0.126 e. The average molecular weight is 400 g/mol. The number of halogens is 2. The van der Waals surface area contributed by atoms with Gasteiger partial charge in [-0.05, 0) is 35.4 Å². The summed E-state index contributed by atoms with van der Waals surface area (Å²) in [6.07, 6.45) is 0. The summed E-state index contributed by atoms with van der Waals surface area (Å²) in [6.45, 7) is 0. The Kier molecular flexibility index (Phi) is 5.49. The minimum atomic E-state index is 0.810. The predicted octanol–water partition coefficient (Wildman–Crippen LogP) is 5.16. The van der Waals surface area contributed by atoms with Crippen molar-refractivity contribution in [1.29, 1.82) is 0 Å². The Bertz CT molecular complexity index is 544. The van der Waals surface area contributed by atoms with E-state index in [2.05, 4.69) is 56.1 Å². The number of alkyl halides is 2. The molecule has 0 atom stereocenters. The standard InChI is InChI=1S/C16H16Br2O2/c1-19-15-5-3-11(9-17)7-13(15)14-8-12(10-18)4-6-16(14)20-2/h3-8H,9-10H2,1-2H3. The quantitative estimate of drug-likeness (QED) is 0.646. The Hall–Kier alpha value is -1.00. The van der Waals surface area contributed by atoms with Gasteiger partial charge in [0.2, 0.25) is 0 Å². The van der Waals surface area contributed by atoms with Crippen LogP contribution in [0, 0.1) is 0 Å². The van der Waals surface area contributed by atoms with Gasteiger partial charge in [-0.3, -0.25) is 0 Å². The molecule has 2 aromatic carbocycles. The van der Waals surface area contributed by atoms with E-state index in [-0.39, 0.29) is 0 Å². The first-order chi connectivity index (χ1) is 9.73. The van der Waals surface area contributed by atoms with E-state index in [1.54, 1.807) is 14.2 Å². The van der Waals surface area contributed by atoms with Gasteiger partial charge in [-0.25, -0.2) is 0 Å². The maximum atomic E-state index is 5.49. The summed E-state index contributed by atoms with van der Waals surface area (Å²) >= 11 is 6.99. The van der Waals surface area contributed by atoms with Crippen molar-refractivity contribution < 1.29 is 9.47 Å². The van der Waals surface area contributed by atoms with Crippen LogP contribution in [0.25, 0.3) is 11.1 Å². The van der Waals surface area contributed by atoms with Crippen molar-refractivity contribution in [2.45, 2.75) is 10.7 Å². The lowest BCUT2D eigenvalue weighted by Gasteiger charge is -2.14. The Labute approximate surface area is 136 Å². The molecule has 4 heteroatoms. The molecule has 0 radical (unpaired) electrons. The van der Waals surface area contributed by atoms with E-state index in [9.17, 15) is 0 Å². The highest BCUT2D eigenvalue weighted by Gasteiger charge is 2.12. The van der Waals surface area contributed by atoms with Gasteiger partial charge in [0.1, 0.15) is 11.5 Å². The van der Waals surface area contributed by atoms with Gasteiger partial charge in [-0.2, -0.15) is 0 Å². The van der Waals surface area contributed by atoms with Crippen molar-refractivity contribution in [2.24, 2.45) is 0 Å². The second-order valence-corrected chi connectivity index (χ2v) is 5.46. The van der Waals surface area contributed by atoms with Gasteiger partial charge in [0.25, 0.3) is 0 Å². The zero-order valence-electron chi connectivity index (χ0n) is 11.5.